The number of nitrogens with two attached hydrogens (primary N) is 1. The molecule has 132 valence electrons. The average molecular weight is 340 g/mol. The summed E-state index contributed by atoms with van der Waals surface area (Å²) in [5.74, 6) is 0.602. The molecule has 3 rings (SSSR count). The molecule has 1 saturated heterocycles. The van der Waals surface area contributed by atoms with Gasteiger partial charge in [0.2, 0.25) is 0 Å². The normalized spacial score (nSPS) is 17.9. The lowest BCUT2D eigenvalue weighted by Gasteiger charge is -2.14. The molecule has 5 nitrogen and oxygen atoms in total. The van der Waals surface area contributed by atoms with Crippen LogP contribution in [0.4, 0.5) is 0 Å². The third-order valence-corrected chi connectivity index (χ3v) is 4.29. The first kappa shape index (κ1) is 17.5. The summed E-state index contributed by atoms with van der Waals surface area (Å²) < 4.78 is 11.2. The van der Waals surface area contributed by atoms with E-state index in [1.165, 1.54) is 0 Å². The number of carbonyl (C=O) groups is 1. The molecule has 1 aliphatic rings. The minimum atomic E-state index is -0.223. The molecule has 5 heteroatoms. The number of ether oxygens (including phenoxy) is 2. The molecule has 3 N–H and O–H groups in total. The molecule has 25 heavy (non-hydrogen) atoms. The first-order chi connectivity index (χ1) is 12.2. The summed E-state index contributed by atoms with van der Waals surface area (Å²) in [5.41, 5.74) is 7.69. The Balaban J connectivity index is 1.47. The Labute approximate surface area is 148 Å². The van der Waals surface area contributed by atoms with Crippen LogP contribution in [0, 0.1) is 0 Å². The van der Waals surface area contributed by atoms with E-state index >= 15 is 0 Å². The second kappa shape index (κ2) is 8.65. The lowest BCUT2D eigenvalue weighted by Crippen LogP contribution is -2.31. The highest BCUT2D eigenvalue weighted by molar-refractivity contribution is 5.94. The molecule has 0 aromatic heterocycles. The zero-order chi connectivity index (χ0) is 17.5. The molecule has 0 saturated carbocycles. The third kappa shape index (κ3) is 5.05. The van der Waals surface area contributed by atoms with Crippen molar-refractivity contribution < 1.29 is 14.3 Å². The van der Waals surface area contributed by atoms with Gasteiger partial charge in [0.1, 0.15) is 12.4 Å². The van der Waals surface area contributed by atoms with E-state index in [0.29, 0.717) is 18.7 Å². The van der Waals surface area contributed by atoms with Crippen LogP contribution in [0.2, 0.25) is 0 Å². The first-order valence-corrected chi connectivity index (χ1v) is 8.65. The fourth-order valence-corrected chi connectivity index (χ4v) is 2.79. The molecule has 2 atom stereocenters. The van der Waals surface area contributed by atoms with E-state index in [-0.39, 0.29) is 18.1 Å². The summed E-state index contributed by atoms with van der Waals surface area (Å²) in [6.45, 7) is 1.76. The second-order valence-electron chi connectivity index (χ2n) is 6.20. The third-order valence-electron chi connectivity index (χ3n) is 4.29. The largest absolute Gasteiger partial charge is 0.491 e. The molecule has 0 bridgehead atoms. The van der Waals surface area contributed by atoms with E-state index in [1.807, 2.05) is 30.3 Å². The van der Waals surface area contributed by atoms with Crippen molar-refractivity contribution in [2.75, 3.05) is 19.8 Å². The maximum atomic E-state index is 12.2. The highest BCUT2D eigenvalue weighted by Crippen LogP contribution is 2.17. The van der Waals surface area contributed by atoms with Crippen LogP contribution in [0.3, 0.4) is 0 Å². The SMILES string of the molecule is NC(CNC(=O)c1ccc(OCC2CCCO2)cc1)c1ccccc1. The van der Waals surface area contributed by atoms with Crippen LogP contribution in [0.15, 0.2) is 54.6 Å². The standard InChI is InChI=1S/C20H24N2O3/c21-19(15-5-2-1-3-6-15)13-22-20(23)16-8-10-17(11-9-16)25-14-18-7-4-12-24-18/h1-3,5-6,8-11,18-19H,4,7,12-14,21H2,(H,22,23). The summed E-state index contributed by atoms with van der Waals surface area (Å²) in [6, 6.07) is 16.6. The summed E-state index contributed by atoms with van der Waals surface area (Å²) >= 11 is 0. The number of hydrogen-bond donors (Lipinski definition) is 2. The number of rotatable bonds is 7. The van der Waals surface area contributed by atoms with Crippen molar-refractivity contribution in [3.63, 3.8) is 0 Å². The molecule has 2 unspecified atom stereocenters. The lowest BCUT2D eigenvalue weighted by atomic mass is 10.1. The molecule has 0 aliphatic carbocycles. The average Bonchev–Trinajstić information content (AvgIpc) is 3.19. The maximum Gasteiger partial charge on any atom is 0.251 e. The van der Waals surface area contributed by atoms with Gasteiger partial charge < -0.3 is 20.5 Å². The topological polar surface area (TPSA) is 73.6 Å². The maximum absolute atomic E-state index is 12.2. The summed E-state index contributed by atoms with van der Waals surface area (Å²) in [7, 11) is 0. The molecular formula is C20H24N2O3. The molecule has 1 aliphatic heterocycles. The van der Waals surface area contributed by atoms with Crippen LogP contribution in [0.25, 0.3) is 0 Å². The summed E-state index contributed by atoms with van der Waals surface area (Å²) in [5, 5.41) is 2.87. The van der Waals surface area contributed by atoms with Crippen molar-refractivity contribution in [1.82, 2.24) is 5.32 Å². The summed E-state index contributed by atoms with van der Waals surface area (Å²) in [4.78, 5) is 12.2. The van der Waals surface area contributed by atoms with Gasteiger partial charge in [-0.05, 0) is 42.7 Å². The molecule has 2 aromatic rings. The molecule has 0 spiro atoms. The van der Waals surface area contributed by atoms with Crippen molar-refractivity contribution in [2.24, 2.45) is 5.73 Å². The number of carbonyl (C=O) groups excluding carboxylic acids is 1. The van der Waals surface area contributed by atoms with Crippen LogP contribution in [0.5, 0.6) is 5.75 Å². The van der Waals surface area contributed by atoms with Gasteiger partial charge in [-0.2, -0.15) is 0 Å². The van der Waals surface area contributed by atoms with Crippen LogP contribution in [-0.2, 0) is 4.74 Å². The number of hydrogen-bond acceptors (Lipinski definition) is 4. The van der Waals surface area contributed by atoms with E-state index in [2.05, 4.69) is 5.32 Å². The molecule has 0 radical (unpaired) electrons. The van der Waals surface area contributed by atoms with E-state index in [4.69, 9.17) is 15.2 Å². The van der Waals surface area contributed by atoms with E-state index in [1.54, 1.807) is 24.3 Å². The Bertz CT molecular complexity index is 667. The van der Waals surface area contributed by atoms with Gasteiger partial charge in [-0.15, -0.1) is 0 Å². The smallest absolute Gasteiger partial charge is 0.251 e. The highest BCUT2D eigenvalue weighted by Gasteiger charge is 2.16. The molecule has 1 fully saturated rings. The predicted octanol–water partition coefficient (Wildman–Crippen LogP) is 2.67. The van der Waals surface area contributed by atoms with Gasteiger partial charge in [0.05, 0.1) is 6.10 Å². The van der Waals surface area contributed by atoms with Crippen LogP contribution < -0.4 is 15.8 Å². The number of benzene rings is 2. The Morgan fingerprint density at radius 2 is 1.96 bits per heavy atom. The second-order valence-corrected chi connectivity index (χ2v) is 6.20. The zero-order valence-corrected chi connectivity index (χ0v) is 14.2. The molecule has 1 amide bonds. The monoisotopic (exact) mass is 340 g/mol. The van der Waals surface area contributed by atoms with E-state index < -0.39 is 0 Å². The van der Waals surface area contributed by atoms with Crippen molar-refractivity contribution in [3.8, 4) is 5.75 Å². The Morgan fingerprint density at radius 1 is 1.20 bits per heavy atom. The minimum absolute atomic E-state index is 0.142. The van der Waals surface area contributed by atoms with Gasteiger partial charge in [-0.25, -0.2) is 0 Å². The van der Waals surface area contributed by atoms with Gasteiger partial charge in [0.25, 0.3) is 5.91 Å². The minimum Gasteiger partial charge on any atom is -0.491 e. The van der Waals surface area contributed by atoms with Crippen LogP contribution >= 0.6 is 0 Å². The highest BCUT2D eigenvalue weighted by atomic mass is 16.5. The Morgan fingerprint density at radius 3 is 2.64 bits per heavy atom. The van der Waals surface area contributed by atoms with Crippen molar-refractivity contribution in [2.45, 2.75) is 25.0 Å². The fraction of sp³-hybridized carbons (Fsp3) is 0.350. The predicted molar refractivity (Wildman–Crippen MR) is 96.6 cm³/mol. The molecular weight excluding hydrogens is 316 g/mol. The Hall–Kier alpha value is -2.37. The van der Waals surface area contributed by atoms with Gasteiger partial charge in [0, 0.05) is 24.8 Å². The lowest BCUT2D eigenvalue weighted by molar-refractivity contribution is 0.0679. The Kier molecular flexibility index (Phi) is 6.04. The van der Waals surface area contributed by atoms with Gasteiger partial charge in [0.15, 0.2) is 0 Å². The van der Waals surface area contributed by atoms with Crippen LogP contribution in [0.1, 0.15) is 34.8 Å². The van der Waals surface area contributed by atoms with Gasteiger partial charge in [-0.3, -0.25) is 4.79 Å². The van der Waals surface area contributed by atoms with E-state index in [9.17, 15) is 4.79 Å². The quantitative estimate of drug-likeness (QED) is 0.813. The number of amides is 1. The zero-order valence-electron chi connectivity index (χ0n) is 14.2. The molecule has 2 aromatic carbocycles. The van der Waals surface area contributed by atoms with Gasteiger partial charge in [-0.1, -0.05) is 30.3 Å². The molecule has 1 heterocycles. The summed E-state index contributed by atoms with van der Waals surface area (Å²) in [6.07, 6.45) is 2.32. The van der Waals surface area contributed by atoms with Gasteiger partial charge >= 0.3 is 0 Å². The number of nitrogens with one attached hydrogen (secondary N) is 1. The van der Waals surface area contributed by atoms with Crippen molar-refractivity contribution in [3.05, 3.63) is 65.7 Å². The van der Waals surface area contributed by atoms with Crippen LogP contribution in [-0.4, -0.2) is 31.8 Å². The van der Waals surface area contributed by atoms with Crippen molar-refractivity contribution in [1.29, 1.82) is 0 Å². The van der Waals surface area contributed by atoms with E-state index in [0.717, 1.165) is 30.8 Å². The first-order valence-electron chi connectivity index (χ1n) is 8.65. The fourth-order valence-electron chi connectivity index (χ4n) is 2.79. The van der Waals surface area contributed by atoms with Crippen molar-refractivity contribution >= 4 is 5.91 Å².